The number of carboxylic acids is 1. The highest BCUT2D eigenvalue weighted by atomic mass is 32.2. The number of aliphatic carboxylic acids is 1. The first-order valence-electron chi connectivity index (χ1n) is 8.86. The molecule has 1 amide bonds. The number of rotatable bonds is 5. The van der Waals surface area contributed by atoms with Crippen LogP contribution >= 0.6 is 0 Å². The third-order valence-corrected chi connectivity index (χ3v) is 7.13. The van der Waals surface area contributed by atoms with Gasteiger partial charge in [-0.05, 0) is 32.6 Å². The molecule has 0 aromatic carbocycles. The van der Waals surface area contributed by atoms with Gasteiger partial charge in [-0.1, -0.05) is 19.3 Å². The van der Waals surface area contributed by atoms with Crippen molar-refractivity contribution in [1.29, 1.82) is 0 Å². The minimum atomic E-state index is -3.20. The van der Waals surface area contributed by atoms with E-state index in [0.29, 0.717) is 38.8 Å². The Morgan fingerprint density at radius 2 is 1.71 bits per heavy atom. The Hall–Kier alpha value is -1.15. The summed E-state index contributed by atoms with van der Waals surface area (Å²) < 4.78 is 25.2. The van der Waals surface area contributed by atoms with E-state index in [2.05, 4.69) is 5.32 Å². The van der Waals surface area contributed by atoms with Gasteiger partial charge in [0.05, 0.1) is 11.7 Å². The van der Waals surface area contributed by atoms with E-state index >= 15 is 0 Å². The molecule has 0 spiro atoms. The predicted octanol–water partition coefficient (Wildman–Crippen LogP) is 1.20. The summed E-state index contributed by atoms with van der Waals surface area (Å²) in [7, 11) is -3.20. The molecule has 138 valence electrons. The lowest BCUT2D eigenvalue weighted by molar-refractivity contribution is -0.143. The topological polar surface area (TPSA) is 104 Å². The van der Waals surface area contributed by atoms with Crippen molar-refractivity contribution < 1.29 is 23.1 Å². The minimum absolute atomic E-state index is 0.0756. The lowest BCUT2D eigenvalue weighted by Gasteiger charge is -2.32. The highest BCUT2D eigenvalue weighted by Gasteiger charge is 2.34. The number of amides is 1. The fraction of sp³-hybridized carbons (Fsp3) is 0.875. The van der Waals surface area contributed by atoms with Gasteiger partial charge in [-0.3, -0.25) is 9.59 Å². The molecule has 0 unspecified atom stereocenters. The summed E-state index contributed by atoms with van der Waals surface area (Å²) in [5, 5.41) is 12.3. The van der Waals surface area contributed by atoms with E-state index < -0.39 is 21.9 Å². The van der Waals surface area contributed by atoms with Gasteiger partial charge in [-0.2, -0.15) is 0 Å². The molecular weight excluding hydrogens is 332 g/mol. The van der Waals surface area contributed by atoms with Crippen LogP contribution in [0.2, 0.25) is 0 Å². The maximum absolute atomic E-state index is 12.5. The summed E-state index contributed by atoms with van der Waals surface area (Å²) >= 11 is 0. The van der Waals surface area contributed by atoms with Gasteiger partial charge in [0.1, 0.15) is 0 Å². The summed E-state index contributed by atoms with van der Waals surface area (Å²) in [6.45, 7) is 2.34. The molecule has 2 N–H and O–H groups in total. The van der Waals surface area contributed by atoms with Gasteiger partial charge in [-0.15, -0.1) is 0 Å². The molecule has 1 aliphatic heterocycles. The number of carbonyl (C=O) groups excluding carboxylic acids is 1. The fourth-order valence-electron chi connectivity index (χ4n) is 3.66. The number of nitrogens with zero attached hydrogens (tertiary/aromatic N) is 1. The van der Waals surface area contributed by atoms with Gasteiger partial charge < -0.3 is 10.4 Å². The van der Waals surface area contributed by atoms with Crippen LogP contribution in [0, 0.1) is 11.8 Å². The van der Waals surface area contributed by atoms with E-state index in [1.807, 2.05) is 0 Å². The summed E-state index contributed by atoms with van der Waals surface area (Å²) in [5.41, 5.74) is 0. The zero-order chi connectivity index (χ0) is 17.7. The second kappa shape index (κ2) is 8.29. The first-order chi connectivity index (χ1) is 11.3. The second-order valence-corrected chi connectivity index (χ2v) is 9.03. The normalized spacial score (nSPS) is 27.4. The Morgan fingerprint density at radius 3 is 2.29 bits per heavy atom. The van der Waals surface area contributed by atoms with Crippen LogP contribution in [-0.4, -0.2) is 54.6 Å². The Labute approximate surface area is 143 Å². The van der Waals surface area contributed by atoms with Crippen LogP contribution in [-0.2, 0) is 19.6 Å². The number of hydrogen-bond donors (Lipinski definition) is 2. The summed E-state index contributed by atoms with van der Waals surface area (Å²) in [6, 6.07) is -0.310. The summed E-state index contributed by atoms with van der Waals surface area (Å²) in [5.74, 6) is -1.64. The van der Waals surface area contributed by atoms with Crippen molar-refractivity contribution in [2.24, 2.45) is 11.8 Å². The van der Waals surface area contributed by atoms with Crippen LogP contribution in [0.15, 0.2) is 0 Å². The number of sulfonamides is 1. The predicted molar refractivity (Wildman–Crippen MR) is 89.9 cm³/mol. The lowest BCUT2D eigenvalue weighted by Crippen LogP contribution is -2.48. The Morgan fingerprint density at radius 1 is 1.08 bits per heavy atom. The van der Waals surface area contributed by atoms with Gasteiger partial charge in [0, 0.05) is 25.0 Å². The number of hydrogen-bond acceptors (Lipinski definition) is 4. The van der Waals surface area contributed by atoms with Gasteiger partial charge in [0.2, 0.25) is 15.9 Å². The molecule has 0 bridgehead atoms. The van der Waals surface area contributed by atoms with Crippen molar-refractivity contribution in [3.05, 3.63) is 0 Å². The Bertz CT molecular complexity index is 555. The highest BCUT2D eigenvalue weighted by molar-refractivity contribution is 7.89. The van der Waals surface area contributed by atoms with Crippen molar-refractivity contribution in [3.63, 3.8) is 0 Å². The number of nitrogens with one attached hydrogen (secondary N) is 1. The maximum atomic E-state index is 12.5. The molecule has 2 rings (SSSR count). The van der Waals surface area contributed by atoms with E-state index in [9.17, 15) is 23.1 Å². The quantitative estimate of drug-likeness (QED) is 0.717. The maximum Gasteiger partial charge on any atom is 0.308 e. The molecule has 7 nitrogen and oxygen atoms in total. The number of piperidine rings is 1. The van der Waals surface area contributed by atoms with Gasteiger partial charge in [0.15, 0.2) is 0 Å². The molecule has 1 aliphatic carbocycles. The van der Waals surface area contributed by atoms with Crippen LogP contribution in [0.5, 0.6) is 0 Å². The van der Waals surface area contributed by atoms with Gasteiger partial charge in [-0.25, -0.2) is 12.7 Å². The molecule has 24 heavy (non-hydrogen) atoms. The smallest absolute Gasteiger partial charge is 0.308 e. The number of carbonyl (C=O) groups is 2. The van der Waals surface area contributed by atoms with Crippen molar-refractivity contribution in [2.75, 3.05) is 18.8 Å². The van der Waals surface area contributed by atoms with E-state index in [1.54, 1.807) is 6.92 Å². The Kier molecular flexibility index (Phi) is 6.62. The van der Waals surface area contributed by atoms with Gasteiger partial charge in [0.25, 0.3) is 0 Å². The van der Waals surface area contributed by atoms with E-state index in [4.69, 9.17) is 0 Å². The molecule has 2 fully saturated rings. The van der Waals surface area contributed by atoms with E-state index in [1.165, 1.54) is 4.31 Å². The van der Waals surface area contributed by atoms with Crippen LogP contribution in [0.3, 0.4) is 0 Å². The largest absolute Gasteiger partial charge is 0.481 e. The first-order valence-corrected chi connectivity index (χ1v) is 10.5. The molecule has 2 aliphatic rings. The molecule has 0 radical (unpaired) electrons. The molecule has 2 atom stereocenters. The van der Waals surface area contributed by atoms with Crippen molar-refractivity contribution >= 4 is 21.9 Å². The molecule has 8 heteroatoms. The van der Waals surface area contributed by atoms with Crippen molar-refractivity contribution in [1.82, 2.24) is 9.62 Å². The minimum Gasteiger partial charge on any atom is -0.481 e. The van der Waals surface area contributed by atoms with Gasteiger partial charge >= 0.3 is 5.97 Å². The van der Waals surface area contributed by atoms with Crippen LogP contribution in [0.1, 0.15) is 51.9 Å². The molecule has 0 aromatic heterocycles. The van der Waals surface area contributed by atoms with E-state index in [-0.39, 0.29) is 23.6 Å². The fourth-order valence-corrected chi connectivity index (χ4v) is 4.79. The highest BCUT2D eigenvalue weighted by Crippen LogP contribution is 2.25. The first kappa shape index (κ1) is 19.2. The average Bonchev–Trinajstić information content (AvgIpc) is 2.80. The van der Waals surface area contributed by atoms with Crippen LogP contribution < -0.4 is 5.32 Å². The molecule has 1 saturated carbocycles. The zero-order valence-corrected chi connectivity index (χ0v) is 15.1. The third kappa shape index (κ3) is 4.69. The summed E-state index contributed by atoms with van der Waals surface area (Å²) in [4.78, 5) is 23.9. The molecule has 1 heterocycles. The van der Waals surface area contributed by atoms with Crippen molar-refractivity contribution in [3.8, 4) is 0 Å². The SMILES string of the molecule is CCS(=O)(=O)N1CCC(C(=O)N[C@H]2CCCCC[C@H]2C(=O)O)CC1. The third-order valence-electron chi connectivity index (χ3n) is 5.24. The van der Waals surface area contributed by atoms with Crippen molar-refractivity contribution in [2.45, 2.75) is 57.9 Å². The van der Waals surface area contributed by atoms with Crippen LogP contribution in [0.25, 0.3) is 0 Å². The standard InChI is InChI=1S/C16H28N2O5S/c1-2-24(22,23)18-10-8-12(9-11-18)15(19)17-14-7-5-3-4-6-13(14)16(20)21/h12-14H,2-11H2,1H3,(H,17,19)(H,20,21)/t13-,14+/m1/s1. The molecule has 0 aromatic rings. The number of carboxylic acid groups (broad SMARTS) is 1. The second-order valence-electron chi connectivity index (χ2n) is 6.77. The Balaban J connectivity index is 1.91. The molecular formula is C16H28N2O5S. The van der Waals surface area contributed by atoms with Crippen LogP contribution in [0.4, 0.5) is 0 Å². The average molecular weight is 360 g/mol. The zero-order valence-electron chi connectivity index (χ0n) is 14.2. The lowest BCUT2D eigenvalue weighted by atomic mass is 9.92. The molecule has 1 saturated heterocycles. The monoisotopic (exact) mass is 360 g/mol. The van der Waals surface area contributed by atoms with E-state index in [0.717, 1.165) is 19.3 Å². The summed E-state index contributed by atoms with van der Waals surface area (Å²) in [6.07, 6.45) is 5.12.